The van der Waals surface area contributed by atoms with E-state index in [0.717, 1.165) is 4.47 Å². The van der Waals surface area contributed by atoms with E-state index in [-0.39, 0.29) is 5.91 Å². The van der Waals surface area contributed by atoms with E-state index in [9.17, 15) is 4.79 Å². The predicted octanol–water partition coefficient (Wildman–Crippen LogP) is 1.67. The van der Waals surface area contributed by atoms with Crippen molar-refractivity contribution in [2.75, 3.05) is 7.11 Å². The molecule has 0 aliphatic rings. The molecule has 5 heteroatoms. The summed E-state index contributed by atoms with van der Waals surface area (Å²) < 4.78 is 5.52. The Labute approximate surface area is 96.0 Å². The molecule has 0 saturated carbocycles. The van der Waals surface area contributed by atoms with Crippen LogP contribution in [0.1, 0.15) is 10.4 Å². The summed E-state index contributed by atoms with van der Waals surface area (Å²) in [6.07, 6.45) is -0.920. The molecule has 0 radical (unpaired) electrons. The number of methoxy groups -OCH3 is 1. The first-order valence-electron chi connectivity index (χ1n) is 4.16. The standard InChI is InChI=1S/C10H9BrN2O2/c1-15-9(6-12)13-10(14)7-3-2-4-8(11)5-7/h2-5,9H,1H3,(H,13,14). The van der Waals surface area contributed by atoms with E-state index < -0.39 is 6.23 Å². The SMILES string of the molecule is COC(C#N)NC(=O)c1cccc(Br)c1. The summed E-state index contributed by atoms with van der Waals surface area (Å²) in [6.45, 7) is 0. The van der Waals surface area contributed by atoms with Crippen LogP contribution in [-0.4, -0.2) is 19.2 Å². The molecule has 1 N–H and O–H groups in total. The zero-order valence-electron chi connectivity index (χ0n) is 8.03. The van der Waals surface area contributed by atoms with Gasteiger partial charge in [-0.25, -0.2) is 0 Å². The van der Waals surface area contributed by atoms with E-state index in [1.165, 1.54) is 7.11 Å². The van der Waals surface area contributed by atoms with Gasteiger partial charge in [0.05, 0.1) is 0 Å². The number of halogens is 1. The normalized spacial score (nSPS) is 11.5. The molecular formula is C10H9BrN2O2. The number of nitriles is 1. The molecule has 1 amide bonds. The minimum absolute atomic E-state index is 0.343. The van der Waals surface area contributed by atoms with Gasteiger partial charge >= 0.3 is 0 Å². The van der Waals surface area contributed by atoms with Crippen LogP contribution in [0.15, 0.2) is 28.7 Å². The number of carbonyl (C=O) groups excluding carboxylic acids is 1. The van der Waals surface area contributed by atoms with E-state index in [1.54, 1.807) is 24.3 Å². The van der Waals surface area contributed by atoms with Crippen molar-refractivity contribution in [3.63, 3.8) is 0 Å². The van der Waals surface area contributed by atoms with Crippen molar-refractivity contribution in [3.05, 3.63) is 34.3 Å². The molecule has 0 spiro atoms. The lowest BCUT2D eigenvalue weighted by atomic mass is 10.2. The molecule has 78 valence electrons. The summed E-state index contributed by atoms with van der Waals surface area (Å²) >= 11 is 3.25. The Morgan fingerprint density at radius 3 is 2.93 bits per heavy atom. The van der Waals surface area contributed by atoms with Gasteiger partial charge in [-0.1, -0.05) is 22.0 Å². The molecule has 0 heterocycles. The molecule has 1 unspecified atom stereocenters. The number of benzene rings is 1. The Bertz CT molecular complexity index is 401. The van der Waals surface area contributed by atoms with Crippen LogP contribution in [0.4, 0.5) is 0 Å². The van der Waals surface area contributed by atoms with Gasteiger partial charge in [0.2, 0.25) is 6.23 Å². The topological polar surface area (TPSA) is 62.1 Å². The third-order valence-corrected chi connectivity index (χ3v) is 2.20. The number of rotatable bonds is 3. The maximum Gasteiger partial charge on any atom is 0.254 e. The lowest BCUT2D eigenvalue weighted by Gasteiger charge is -2.09. The van der Waals surface area contributed by atoms with E-state index in [4.69, 9.17) is 10.00 Å². The Morgan fingerprint density at radius 2 is 2.40 bits per heavy atom. The predicted molar refractivity (Wildman–Crippen MR) is 58.0 cm³/mol. The van der Waals surface area contributed by atoms with Gasteiger partial charge in [0.15, 0.2) is 0 Å². The average molecular weight is 269 g/mol. The van der Waals surface area contributed by atoms with Crippen LogP contribution >= 0.6 is 15.9 Å². The first-order chi connectivity index (χ1) is 7.17. The van der Waals surface area contributed by atoms with Gasteiger partial charge < -0.3 is 10.1 Å². The van der Waals surface area contributed by atoms with Crippen molar-refractivity contribution in [2.24, 2.45) is 0 Å². The number of hydrogen-bond donors (Lipinski definition) is 1. The Balaban J connectivity index is 2.74. The maximum atomic E-state index is 11.6. The third kappa shape index (κ3) is 3.35. The fourth-order valence-corrected chi connectivity index (χ4v) is 1.38. The van der Waals surface area contributed by atoms with Crippen LogP contribution in [0.2, 0.25) is 0 Å². The summed E-state index contributed by atoms with van der Waals surface area (Å²) in [5.74, 6) is -0.343. The summed E-state index contributed by atoms with van der Waals surface area (Å²) in [4.78, 5) is 11.6. The number of ether oxygens (including phenoxy) is 1. The molecule has 0 fully saturated rings. The molecule has 0 aromatic heterocycles. The minimum Gasteiger partial charge on any atom is -0.349 e. The summed E-state index contributed by atoms with van der Waals surface area (Å²) in [5.41, 5.74) is 0.474. The van der Waals surface area contributed by atoms with E-state index in [0.29, 0.717) is 5.56 Å². The number of carbonyl (C=O) groups is 1. The maximum absolute atomic E-state index is 11.6. The first kappa shape index (κ1) is 11.7. The second-order valence-electron chi connectivity index (χ2n) is 2.73. The fraction of sp³-hybridized carbons (Fsp3) is 0.200. The molecule has 1 aromatic carbocycles. The number of amides is 1. The zero-order chi connectivity index (χ0) is 11.3. The van der Waals surface area contributed by atoms with Gasteiger partial charge in [0.25, 0.3) is 5.91 Å². The molecule has 4 nitrogen and oxygen atoms in total. The summed E-state index contributed by atoms with van der Waals surface area (Å²) in [7, 11) is 1.36. The highest BCUT2D eigenvalue weighted by Gasteiger charge is 2.11. The van der Waals surface area contributed by atoms with Crippen molar-refractivity contribution in [3.8, 4) is 6.07 Å². The lowest BCUT2D eigenvalue weighted by molar-refractivity contribution is 0.0764. The van der Waals surface area contributed by atoms with Crippen molar-refractivity contribution in [1.29, 1.82) is 5.26 Å². The van der Waals surface area contributed by atoms with Crippen LogP contribution in [0.5, 0.6) is 0 Å². The van der Waals surface area contributed by atoms with Crippen LogP contribution in [0.25, 0.3) is 0 Å². The molecule has 0 aliphatic heterocycles. The van der Waals surface area contributed by atoms with Crippen LogP contribution in [0, 0.1) is 11.3 Å². The number of hydrogen-bond acceptors (Lipinski definition) is 3. The highest BCUT2D eigenvalue weighted by Crippen LogP contribution is 2.11. The van der Waals surface area contributed by atoms with Gasteiger partial charge in [0, 0.05) is 17.1 Å². The molecule has 0 aliphatic carbocycles. The smallest absolute Gasteiger partial charge is 0.254 e. The van der Waals surface area contributed by atoms with Gasteiger partial charge in [-0.2, -0.15) is 5.26 Å². The second-order valence-corrected chi connectivity index (χ2v) is 3.64. The Kier molecular flexibility index (Phi) is 4.28. The molecular weight excluding hydrogens is 260 g/mol. The average Bonchev–Trinajstić information content (AvgIpc) is 2.25. The minimum atomic E-state index is -0.920. The zero-order valence-corrected chi connectivity index (χ0v) is 9.61. The molecule has 0 bridgehead atoms. The number of nitrogens with one attached hydrogen (secondary N) is 1. The summed E-state index contributed by atoms with van der Waals surface area (Å²) in [5, 5.41) is 11.0. The monoisotopic (exact) mass is 268 g/mol. The van der Waals surface area contributed by atoms with Gasteiger partial charge in [-0.15, -0.1) is 0 Å². The van der Waals surface area contributed by atoms with Crippen LogP contribution in [-0.2, 0) is 4.74 Å². The second kappa shape index (κ2) is 5.49. The summed E-state index contributed by atoms with van der Waals surface area (Å²) in [6, 6.07) is 8.68. The first-order valence-corrected chi connectivity index (χ1v) is 4.95. The van der Waals surface area contributed by atoms with E-state index in [1.807, 2.05) is 6.07 Å². The quantitative estimate of drug-likeness (QED) is 0.849. The largest absolute Gasteiger partial charge is 0.349 e. The van der Waals surface area contributed by atoms with Crippen LogP contribution < -0.4 is 5.32 Å². The van der Waals surface area contributed by atoms with E-state index in [2.05, 4.69) is 21.2 Å². The van der Waals surface area contributed by atoms with Crippen molar-refractivity contribution >= 4 is 21.8 Å². The Hall–Kier alpha value is -1.38. The number of nitrogens with zero attached hydrogens (tertiary/aromatic N) is 1. The molecule has 1 rings (SSSR count). The molecule has 15 heavy (non-hydrogen) atoms. The highest BCUT2D eigenvalue weighted by molar-refractivity contribution is 9.10. The molecule has 1 aromatic rings. The molecule has 0 saturated heterocycles. The lowest BCUT2D eigenvalue weighted by Crippen LogP contribution is -2.34. The fourth-order valence-electron chi connectivity index (χ4n) is 0.976. The van der Waals surface area contributed by atoms with Crippen molar-refractivity contribution in [1.82, 2.24) is 5.32 Å². The van der Waals surface area contributed by atoms with E-state index >= 15 is 0 Å². The highest BCUT2D eigenvalue weighted by atomic mass is 79.9. The third-order valence-electron chi connectivity index (χ3n) is 1.70. The Morgan fingerprint density at radius 1 is 1.67 bits per heavy atom. The molecule has 1 atom stereocenters. The van der Waals surface area contributed by atoms with Crippen molar-refractivity contribution < 1.29 is 9.53 Å². The van der Waals surface area contributed by atoms with Gasteiger partial charge in [-0.3, -0.25) is 4.79 Å². The van der Waals surface area contributed by atoms with Crippen LogP contribution in [0.3, 0.4) is 0 Å². The van der Waals surface area contributed by atoms with Gasteiger partial charge in [-0.05, 0) is 18.2 Å². The van der Waals surface area contributed by atoms with Gasteiger partial charge in [0.1, 0.15) is 6.07 Å². The van der Waals surface area contributed by atoms with Crippen molar-refractivity contribution in [2.45, 2.75) is 6.23 Å².